The second-order valence-electron chi connectivity index (χ2n) is 4.58. The SMILES string of the molecule is CC(C)c1ccc(O[C@H]2CCNC2)c(Br)c1. The molecule has 0 aliphatic carbocycles. The van der Waals surface area contributed by atoms with E-state index in [0.29, 0.717) is 12.0 Å². The van der Waals surface area contributed by atoms with Crippen molar-refractivity contribution in [3.05, 3.63) is 28.2 Å². The van der Waals surface area contributed by atoms with Crippen LogP contribution in [0.4, 0.5) is 0 Å². The summed E-state index contributed by atoms with van der Waals surface area (Å²) in [5, 5.41) is 3.30. The lowest BCUT2D eigenvalue weighted by Crippen LogP contribution is -2.19. The fraction of sp³-hybridized carbons (Fsp3) is 0.538. The van der Waals surface area contributed by atoms with E-state index >= 15 is 0 Å². The monoisotopic (exact) mass is 283 g/mol. The molecule has 88 valence electrons. The van der Waals surface area contributed by atoms with Crippen molar-refractivity contribution in [3.63, 3.8) is 0 Å². The molecule has 0 aromatic heterocycles. The van der Waals surface area contributed by atoms with Crippen LogP contribution in [0.3, 0.4) is 0 Å². The van der Waals surface area contributed by atoms with Crippen molar-refractivity contribution in [1.82, 2.24) is 5.32 Å². The highest BCUT2D eigenvalue weighted by atomic mass is 79.9. The van der Waals surface area contributed by atoms with E-state index in [1.807, 2.05) is 0 Å². The first-order valence-electron chi connectivity index (χ1n) is 5.83. The molecule has 2 rings (SSSR count). The Kier molecular flexibility index (Phi) is 3.87. The Labute approximate surface area is 106 Å². The maximum absolute atomic E-state index is 5.93. The van der Waals surface area contributed by atoms with Crippen LogP contribution in [-0.4, -0.2) is 19.2 Å². The molecule has 0 unspecified atom stereocenters. The third-order valence-electron chi connectivity index (χ3n) is 2.93. The van der Waals surface area contributed by atoms with Crippen molar-refractivity contribution < 1.29 is 4.74 Å². The summed E-state index contributed by atoms with van der Waals surface area (Å²) in [6.07, 6.45) is 1.42. The molecule has 1 saturated heterocycles. The average molecular weight is 284 g/mol. The van der Waals surface area contributed by atoms with Crippen LogP contribution in [0.15, 0.2) is 22.7 Å². The third kappa shape index (κ3) is 2.77. The zero-order valence-electron chi connectivity index (χ0n) is 9.79. The third-order valence-corrected chi connectivity index (χ3v) is 3.55. The van der Waals surface area contributed by atoms with Gasteiger partial charge < -0.3 is 10.1 Å². The van der Waals surface area contributed by atoms with Crippen molar-refractivity contribution in [3.8, 4) is 5.75 Å². The van der Waals surface area contributed by atoms with Gasteiger partial charge in [-0.1, -0.05) is 19.9 Å². The van der Waals surface area contributed by atoms with Crippen LogP contribution in [0.5, 0.6) is 5.75 Å². The smallest absolute Gasteiger partial charge is 0.133 e. The highest BCUT2D eigenvalue weighted by molar-refractivity contribution is 9.10. The van der Waals surface area contributed by atoms with Crippen molar-refractivity contribution in [2.24, 2.45) is 0 Å². The number of nitrogens with one attached hydrogen (secondary N) is 1. The molecule has 0 bridgehead atoms. The summed E-state index contributed by atoms with van der Waals surface area (Å²) in [6.45, 7) is 6.41. The minimum Gasteiger partial charge on any atom is -0.488 e. The van der Waals surface area contributed by atoms with Crippen LogP contribution >= 0.6 is 15.9 Å². The summed E-state index contributed by atoms with van der Waals surface area (Å²) >= 11 is 3.58. The zero-order chi connectivity index (χ0) is 11.5. The predicted octanol–water partition coefficient (Wildman–Crippen LogP) is 3.31. The van der Waals surface area contributed by atoms with Gasteiger partial charge in [-0.15, -0.1) is 0 Å². The molecule has 0 radical (unpaired) electrons. The second kappa shape index (κ2) is 5.19. The first kappa shape index (κ1) is 11.9. The Bertz CT molecular complexity index is 359. The van der Waals surface area contributed by atoms with Gasteiger partial charge in [-0.3, -0.25) is 0 Å². The number of halogens is 1. The Hall–Kier alpha value is -0.540. The maximum atomic E-state index is 5.93. The molecule has 1 aliphatic rings. The van der Waals surface area contributed by atoms with Gasteiger partial charge in [0.1, 0.15) is 11.9 Å². The molecule has 1 atom stereocenters. The molecule has 1 aromatic carbocycles. The van der Waals surface area contributed by atoms with Gasteiger partial charge in [0, 0.05) is 6.54 Å². The minimum absolute atomic E-state index is 0.321. The number of ether oxygens (including phenoxy) is 1. The Morgan fingerprint density at radius 2 is 2.25 bits per heavy atom. The lowest BCUT2D eigenvalue weighted by Gasteiger charge is -2.15. The van der Waals surface area contributed by atoms with Gasteiger partial charge in [-0.2, -0.15) is 0 Å². The Morgan fingerprint density at radius 1 is 1.44 bits per heavy atom. The largest absolute Gasteiger partial charge is 0.488 e. The average Bonchev–Trinajstić information content (AvgIpc) is 2.73. The van der Waals surface area contributed by atoms with E-state index < -0.39 is 0 Å². The number of hydrogen-bond donors (Lipinski definition) is 1. The van der Waals surface area contributed by atoms with E-state index in [-0.39, 0.29) is 0 Å². The second-order valence-corrected chi connectivity index (χ2v) is 5.43. The molecule has 1 fully saturated rings. The lowest BCUT2D eigenvalue weighted by atomic mass is 10.0. The molecule has 2 nitrogen and oxygen atoms in total. The first-order chi connectivity index (χ1) is 7.66. The van der Waals surface area contributed by atoms with Crippen molar-refractivity contribution >= 4 is 15.9 Å². The van der Waals surface area contributed by atoms with E-state index in [9.17, 15) is 0 Å². The molecule has 1 aliphatic heterocycles. The molecule has 16 heavy (non-hydrogen) atoms. The van der Waals surface area contributed by atoms with Crippen LogP contribution < -0.4 is 10.1 Å². The van der Waals surface area contributed by atoms with Gasteiger partial charge in [-0.25, -0.2) is 0 Å². The molecule has 1 aromatic rings. The molecule has 1 heterocycles. The van der Waals surface area contributed by atoms with Crippen molar-refractivity contribution in [2.45, 2.75) is 32.3 Å². The highest BCUT2D eigenvalue weighted by Crippen LogP contribution is 2.30. The fourth-order valence-electron chi connectivity index (χ4n) is 1.88. The summed E-state index contributed by atoms with van der Waals surface area (Å²) in [4.78, 5) is 0. The van der Waals surface area contributed by atoms with E-state index in [1.165, 1.54) is 5.56 Å². The molecule has 0 saturated carbocycles. The minimum atomic E-state index is 0.321. The van der Waals surface area contributed by atoms with Gasteiger partial charge in [0.05, 0.1) is 4.47 Å². The van der Waals surface area contributed by atoms with E-state index in [0.717, 1.165) is 29.7 Å². The van der Waals surface area contributed by atoms with Gasteiger partial charge in [-0.05, 0) is 52.5 Å². The fourth-order valence-corrected chi connectivity index (χ4v) is 2.37. The summed E-state index contributed by atoms with van der Waals surface area (Å²) in [6, 6.07) is 6.37. The summed E-state index contributed by atoms with van der Waals surface area (Å²) in [7, 11) is 0. The Balaban J connectivity index is 2.09. The van der Waals surface area contributed by atoms with Crippen LogP contribution in [0.2, 0.25) is 0 Å². The van der Waals surface area contributed by atoms with Gasteiger partial charge in [0.25, 0.3) is 0 Å². The molecule has 3 heteroatoms. The van der Waals surface area contributed by atoms with Crippen LogP contribution in [0, 0.1) is 0 Å². The lowest BCUT2D eigenvalue weighted by molar-refractivity contribution is 0.221. The Morgan fingerprint density at radius 3 is 2.81 bits per heavy atom. The number of rotatable bonds is 3. The van der Waals surface area contributed by atoms with Gasteiger partial charge >= 0.3 is 0 Å². The summed E-state index contributed by atoms with van der Waals surface area (Å²) in [5.41, 5.74) is 1.34. The predicted molar refractivity (Wildman–Crippen MR) is 70.1 cm³/mol. The quantitative estimate of drug-likeness (QED) is 0.919. The normalized spacial score (nSPS) is 20.4. The van der Waals surface area contributed by atoms with Crippen LogP contribution in [0.25, 0.3) is 0 Å². The molecule has 1 N–H and O–H groups in total. The summed E-state index contributed by atoms with van der Waals surface area (Å²) < 4.78 is 6.99. The van der Waals surface area contributed by atoms with E-state index in [2.05, 4.69) is 53.3 Å². The van der Waals surface area contributed by atoms with Crippen molar-refractivity contribution in [2.75, 3.05) is 13.1 Å². The number of hydrogen-bond acceptors (Lipinski definition) is 2. The van der Waals surface area contributed by atoms with Crippen molar-refractivity contribution in [1.29, 1.82) is 0 Å². The molecule has 0 spiro atoms. The topological polar surface area (TPSA) is 21.3 Å². The molecule has 0 amide bonds. The zero-order valence-corrected chi connectivity index (χ0v) is 11.4. The highest BCUT2D eigenvalue weighted by Gasteiger charge is 2.17. The molecular weight excluding hydrogens is 266 g/mol. The van der Waals surface area contributed by atoms with Crippen LogP contribution in [0.1, 0.15) is 31.7 Å². The van der Waals surface area contributed by atoms with Crippen LogP contribution in [-0.2, 0) is 0 Å². The van der Waals surface area contributed by atoms with Gasteiger partial charge in [0.2, 0.25) is 0 Å². The maximum Gasteiger partial charge on any atom is 0.133 e. The van der Waals surface area contributed by atoms with Gasteiger partial charge in [0.15, 0.2) is 0 Å². The standard InChI is InChI=1S/C13H18BrNO/c1-9(2)10-3-4-13(12(14)7-10)16-11-5-6-15-8-11/h3-4,7,9,11,15H,5-6,8H2,1-2H3/t11-/m0/s1. The van der Waals surface area contributed by atoms with E-state index in [1.54, 1.807) is 0 Å². The first-order valence-corrected chi connectivity index (χ1v) is 6.63. The van der Waals surface area contributed by atoms with E-state index in [4.69, 9.17) is 4.74 Å². The summed E-state index contributed by atoms with van der Waals surface area (Å²) in [5.74, 6) is 1.51. The number of benzene rings is 1. The molecular formula is C13H18BrNO.